The van der Waals surface area contributed by atoms with Gasteiger partial charge in [-0.05, 0) is 41.8 Å². The van der Waals surface area contributed by atoms with Crippen LogP contribution in [0.3, 0.4) is 0 Å². The Morgan fingerprint density at radius 3 is 2.62 bits per heavy atom. The Bertz CT molecular complexity index is 1220. The molecule has 7 heteroatoms. The standard InChI is InChI=1S/C25H24F2N4O/c1-2-21(18-7-4-3-5-8-18)30-24(32)13-12-23-29-22-9-6-14-28-25(22)31(23)16-17-10-11-19(26)20(27)15-17/h3-11,14-15,21H,2,12-13,16H2,1H3,(H,30,32). The number of hydrogen-bond acceptors (Lipinski definition) is 3. The molecule has 0 spiro atoms. The summed E-state index contributed by atoms with van der Waals surface area (Å²) in [5.74, 6) is -1.18. The molecule has 2 aromatic carbocycles. The predicted molar refractivity (Wildman–Crippen MR) is 119 cm³/mol. The molecule has 0 aliphatic heterocycles. The number of aromatic nitrogens is 3. The fraction of sp³-hybridized carbons (Fsp3) is 0.240. The van der Waals surface area contributed by atoms with E-state index in [1.807, 2.05) is 47.9 Å². The Labute approximate surface area is 185 Å². The summed E-state index contributed by atoms with van der Waals surface area (Å²) in [6, 6.07) is 17.3. The quantitative estimate of drug-likeness (QED) is 0.427. The number of hydrogen-bond donors (Lipinski definition) is 1. The summed E-state index contributed by atoms with van der Waals surface area (Å²) >= 11 is 0. The Morgan fingerprint density at radius 1 is 1.06 bits per heavy atom. The molecule has 0 bridgehead atoms. The van der Waals surface area contributed by atoms with Crippen LogP contribution in [0.2, 0.25) is 0 Å². The van der Waals surface area contributed by atoms with E-state index in [0.29, 0.717) is 29.0 Å². The normalized spacial score (nSPS) is 12.1. The fourth-order valence-corrected chi connectivity index (χ4v) is 3.78. The zero-order chi connectivity index (χ0) is 22.5. The predicted octanol–water partition coefficient (Wildman–Crippen LogP) is 4.96. The average molecular weight is 434 g/mol. The Hall–Kier alpha value is -3.61. The Morgan fingerprint density at radius 2 is 1.88 bits per heavy atom. The fourth-order valence-electron chi connectivity index (χ4n) is 3.78. The molecule has 1 atom stereocenters. The van der Waals surface area contributed by atoms with Crippen molar-refractivity contribution in [1.82, 2.24) is 19.9 Å². The van der Waals surface area contributed by atoms with Gasteiger partial charge in [-0.25, -0.2) is 18.7 Å². The van der Waals surface area contributed by atoms with Crippen LogP contribution in [0.5, 0.6) is 0 Å². The molecule has 32 heavy (non-hydrogen) atoms. The number of benzene rings is 2. The molecule has 0 fully saturated rings. The Balaban J connectivity index is 1.52. The molecule has 4 aromatic rings. The first-order valence-electron chi connectivity index (χ1n) is 10.6. The molecule has 1 N–H and O–H groups in total. The number of halogens is 2. The van der Waals surface area contributed by atoms with Gasteiger partial charge in [0.2, 0.25) is 5.91 Å². The Kier molecular flexibility index (Phi) is 6.54. The summed E-state index contributed by atoms with van der Waals surface area (Å²) in [6.07, 6.45) is 3.10. The highest BCUT2D eigenvalue weighted by molar-refractivity contribution is 5.77. The highest BCUT2D eigenvalue weighted by atomic mass is 19.2. The molecule has 2 aromatic heterocycles. The van der Waals surface area contributed by atoms with Crippen LogP contribution in [0.15, 0.2) is 66.9 Å². The lowest BCUT2D eigenvalue weighted by Crippen LogP contribution is -2.28. The first-order valence-corrected chi connectivity index (χ1v) is 10.6. The van der Waals surface area contributed by atoms with Gasteiger partial charge in [0, 0.05) is 19.0 Å². The number of aryl methyl sites for hydroxylation is 1. The second-order valence-corrected chi connectivity index (χ2v) is 7.65. The van der Waals surface area contributed by atoms with Gasteiger partial charge in [0.15, 0.2) is 17.3 Å². The first kappa shape index (κ1) is 21.6. The van der Waals surface area contributed by atoms with Crippen molar-refractivity contribution in [3.05, 3.63) is 95.4 Å². The van der Waals surface area contributed by atoms with Crippen molar-refractivity contribution in [2.75, 3.05) is 0 Å². The molecule has 164 valence electrons. The van der Waals surface area contributed by atoms with Crippen LogP contribution in [-0.2, 0) is 17.8 Å². The number of rotatable bonds is 8. The smallest absolute Gasteiger partial charge is 0.220 e. The summed E-state index contributed by atoms with van der Waals surface area (Å²) in [7, 11) is 0. The minimum Gasteiger partial charge on any atom is -0.349 e. The van der Waals surface area contributed by atoms with Crippen molar-refractivity contribution >= 4 is 17.1 Å². The SMILES string of the molecule is CCC(NC(=O)CCc1nc2cccnc2n1Cc1ccc(F)c(F)c1)c1ccccc1. The lowest BCUT2D eigenvalue weighted by Gasteiger charge is -2.17. The van der Waals surface area contributed by atoms with E-state index >= 15 is 0 Å². The van der Waals surface area contributed by atoms with Gasteiger partial charge in [0.25, 0.3) is 0 Å². The van der Waals surface area contributed by atoms with Crippen molar-refractivity contribution < 1.29 is 13.6 Å². The number of carbonyl (C=O) groups is 1. The van der Waals surface area contributed by atoms with Crippen molar-refractivity contribution in [3.63, 3.8) is 0 Å². The number of nitrogens with one attached hydrogen (secondary N) is 1. The molecule has 0 saturated carbocycles. The average Bonchev–Trinajstić information content (AvgIpc) is 3.16. The van der Waals surface area contributed by atoms with E-state index in [-0.39, 0.29) is 24.9 Å². The van der Waals surface area contributed by atoms with Gasteiger partial charge in [-0.15, -0.1) is 0 Å². The van der Waals surface area contributed by atoms with Gasteiger partial charge in [0.1, 0.15) is 11.3 Å². The van der Waals surface area contributed by atoms with Crippen LogP contribution in [0.1, 0.15) is 42.8 Å². The maximum absolute atomic E-state index is 13.7. The third-order valence-electron chi connectivity index (χ3n) is 5.43. The van der Waals surface area contributed by atoms with E-state index in [2.05, 4.69) is 15.3 Å². The molecule has 2 heterocycles. The lowest BCUT2D eigenvalue weighted by atomic mass is 10.0. The summed E-state index contributed by atoms with van der Waals surface area (Å²) in [5, 5.41) is 3.09. The molecule has 5 nitrogen and oxygen atoms in total. The summed E-state index contributed by atoms with van der Waals surface area (Å²) < 4.78 is 28.9. The van der Waals surface area contributed by atoms with Gasteiger partial charge < -0.3 is 9.88 Å². The van der Waals surface area contributed by atoms with Gasteiger partial charge in [-0.2, -0.15) is 0 Å². The molecule has 1 unspecified atom stereocenters. The molecular weight excluding hydrogens is 410 g/mol. The van der Waals surface area contributed by atoms with Gasteiger partial charge >= 0.3 is 0 Å². The molecule has 4 rings (SSSR count). The second kappa shape index (κ2) is 9.68. The summed E-state index contributed by atoms with van der Waals surface area (Å²) in [4.78, 5) is 21.7. The second-order valence-electron chi connectivity index (χ2n) is 7.65. The van der Waals surface area contributed by atoms with Crippen molar-refractivity contribution in [2.45, 2.75) is 38.8 Å². The minimum atomic E-state index is -0.896. The van der Waals surface area contributed by atoms with Crippen molar-refractivity contribution in [3.8, 4) is 0 Å². The van der Waals surface area contributed by atoms with Gasteiger partial charge in [0.05, 0.1) is 12.6 Å². The van der Waals surface area contributed by atoms with E-state index in [4.69, 9.17) is 0 Å². The zero-order valence-electron chi connectivity index (χ0n) is 17.8. The molecule has 0 aliphatic rings. The van der Waals surface area contributed by atoms with E-state index < -0.39 is 11.6 Å². The number of amides is 1. The number of nitrogens with zero attached hydrogens (tertiary/aromatic N) is 3. The van der Waals surface area contributed by atoms with E-state index in [1.165, 1.54) is 12.1 Å². The largest absolute Gasteiger partial charge is 0.349 e. The van der Waals surface area contributed by atoms with Crippen molar-refractivity contribution in [2.24, 2.45) is 0 Å². The van der Waals surface area contributed by atoms with Crippen LogP contribution in [-0.4, -0.2) is 20.4 Å². The van der Waals surface area contributed by atoms with Crippen molar-refractivity contribution in [1.29, 1.82) is 0 Å². The van der Waals surface area contributed by atoms with Crippen LogP contribution < -0.4 is 5.32 Å². The third-order valence-corrected chi connectivity index (χ3v) is 5.43. The van der Waals surface area contributed by atoms with Crippen LogP contribution in [0.4, 0.5) is 8.78 Å². The molecular formula is C25H24F2N4O. The van der Waals surface area contributed by atoms with Gasteiger partial charge in [-0.1, -0.05) is 43.3 Å². The van der Waals surface area contributed by atoms with E-state index in [1.54, 1.807) is 12.3 Å². The lowest BCUT2D eigenvalue weighted by molar-refractivity contribution is -0.121. The minimum absolute atomic E-state index is 0.0497. The van der Waals surface area contributed by atoms with E-state index in [9.17, 15) is 13.6 Å². The third kappa shape index (κ3) is 4.82. The molecule has 1 amide bonds. The number of fused-ring (bicyclic) bond motifs is 1. The number of pyridine rings is 1. The number of carbonyl (C=O) groups excluding carboxylic acids is 1. The molecule has 0 saturated heterocycles. The number of imidazole rings is 1. The maximum atomic E-state index is 13.7. The monoisotopic (exact) mass is 434 g/mol. The topological polar surface area (TPSA) is 59.8 Å². The molecule has 0 aliphatic carbocycles. The molecule has 0 radical (unpaired) electrons. The van der Waals surface area contributed by atoms with Gasteiger partial charge in [-0.3, -0.25) is 4.79 Å². The highest BCUT2D eigenvalue weighted by Gasteiger charge is 2.16. The van der Waals surface area contributed by atoms with Crippen LogP contribution in [0.25, 0.3) is 11.2 Å². The van der Waals surface area contributed by atoms with E-state index in [0.717, 1.165) is 18.1 Å². The first-order chi connectivity index (χ1) is 15.5. The highest BCUT2D eigenvalue weighted by Crippen LogP contribution is 2.20. The zero-order valence-corrected chi connectivity index (χ0v) is 17.8. The van der Waals surface area contributed by atoms with Crippen LogP contribution >= 0.6 is 0 Å². The maximum Gasteiger partial charge on any atom is 0.220 e. The summed E-state index contributed by atoms with van der Waals surface area (Å²) in [5.41, 5.74) is 3.00. The summed E-state index contributed by atoms with van der Waals surface area (Å²) in [6.45, 7) is 2.31. The van der Waals surface area contributed by atoms with Crippen LogP contribution in [0, 0.1) is 11.6 Å².